The fourth-order valence-electron chi connectivity index (χ4n) is 2.39. The molecule has 0 aliphatic rings. The van der Waals surface area contributed by atoms with Crippen LogP contribution in [0.1, 0.15) is 36.2 Å². The summed E-state index contributed by atoms with van der Waals surface area (Å²) >= 11 is 0. The highest BCUT2D eigenvalue weighted by Gasteiger charge is 2.12. The normalized spacial score (nSPS) is 11.8. The maximum Gasteiger partial charge on any atom is 0.315 e. The number of aromatic nitrogens is 2. The third-order valence-electron chi connectivity index (χ3n) is 3.87. The maximum atomic E-state index is 13.7. The smallest absolute Gasteiger partial charge is 0.315 e. The minimum atomic E-state index is -0.445. The van der Waals surface area contributed by atoms with Crippen molar-refractivity contribution in [2.75, 3.05) is 13.7 Å². The second kappa shape index (κ2) is 8.33. The van der Waals surface area contributed by atoms with E-state index in [1.165, 1.54) is 13.2 Å². The number of methoxy groups -OCH3 is 1. The Hall–Kier alpha value is -2.57. The lowest BCUT2D eigenvalue weighted by atomic mass is 10.1. The van der Waals surface area contributed by atoms with Crippen LogP contribution < -0.4 is 15.4 Å². The molecule has 24 heavy (non-hydrogen) atoms. The van der Waals surface area contributed by atoms with Crippen molar-refractivity contribution in [2.24, 2.45) is 0 Å². The van der Waals surface area contributed by atoms with Crippen molar-refractivity contribution < 1.29 is 13.9 Å². The number of rotatable bonds is 7. The summed E-state index contributed by atoms with van der Waals surface area (Å²) in [7, 11) is 1.41. The number of hydrogen-bond donors (Lipinski definition) is 3. The van der Waals surface area contributed by atoms with Crippen molar-refractivity contribution >= 4 is 6.03 Å². The van der Waals surface area contributed by atoms with Gasteiger partial charge in [0.25, 0.3) is 0 Å². The first kappa shape index (κ1) is 17.8. The van der Waals surface area contributed by atoms with Gasteiger partial charge in [-0.1, -0.05) is 6.07 Å². The average Bonchev–Trinajstić information content (AvgIpc) is 2.96. The van der Waals surface area contributed by atoms with Gasteiger partial charge in [-0.15, -0.1) is 0 Å². The number of carbonyl (C=O) groups is 1. The van der Waals surface area contributed by atoms with Crippen molar-refractivity contribution in [3.8, 4) is 5.75 Å². The van der Waals surface area contributed by atoms with Crippen LogP contribution in [0.3, 0.4) is 0 Å². The van der Waals surface area contributed by atoms with E-state index in [0.717, 1.165) is 24.1 Å². The van der Waals surface area contributed by atoms with Crippen molar-refractivity contribution in [3.63, 3.8) is 0 Å². The van der Waals surface area contributed by atoms with E-state index in [0.29, 0.717) is 12.1 Å². The molecule has 0 spiro atoms. The van der Waals surface area contributed by atoms with E-state index in [1.54, 1.807) is 25.3 Å². The maximum absolute atomic E-state index is 13.7. The second-order valence-electron chi connectivity index (χ2n) is 5.64. The van der Waals surface area contributed by atoms with E-state index in [4.69, 9.17) is 4.74 Å². The molecule has 1 aromatic heterocycles. The molecule has 1 atom stereocenters. The van der Waals surface area contributed by atoms with Gasteiger partial charge in [0.1, 0.15) is 0 Å². The van der Waals surface area contributed by atoms with E-state index in [1.807, 2.05) is 6.92 Å². The summed E-state index contributed by atoms with van der Waals surface area (Å²) in [4.78, 5) is 11.9. The zero-order chi connectivity index (χ0) is 17.5. The number of hydrogen-bond acceptors (Lipinski definition) is 3. The van der Waals surface area contributed by atoms with Gasteiger partial charge in [-0.25, -0.2) is 9.18 Å². The number of halogens is 1. The topological polar surface area (TPSA) is 79.0 Å². The summed E-state index contributed by atoms with van der Waals surface area (Å²) in [5.74, 6) is -0.260. The van der Waals surface area contributed by atoms with Crippen LogP contribution in [-0.4, -0.2) is 29.9 Å². The van der Waals surface area contributed by atoms with Gasteiger partial charge in [-0.2, -0.15) is 5.10 Å². The summed E-state index contributed by atoms with van der Waals surface area (Å²) in [5.41, 5.74) is 2.88. The molecule has 0 unspecified atom stereocenters. The molecular weight excluding hydrogens is 311 g/mol. The minimum absolute atomic E-state index is 0.185. The fraction of sp³-hybridized carbons (Fsp3) is 0.412. The van der Waals surface area contributed by atoms with Gasteiger partial charge >= 0.3 is 6.03 Å². The van der Waals surface area contributed by atoms with E-state index in [-0.39, 0.29) is 17.8 Å². The first-order chi connectivity index (χ1) is 11.5. The molecule has 0 radical (unpaired) electrons. The van der Waals surface area contributed by atoms with Crippen LogP contribution in [0.25, 0.3) is 0 Å². The summed E-state index contributed by atoms with van der Waals surface area (Å²) in [6.07, 6.45) is 3.47. The van der Waals surface area contributed by atoms with Gasteiger partial charge in [0.2, 0.25) is 0 Å². The van der Waals surface area contributed by atoms with Crippen LogP contribution >= 0.6 is 0 Å². The number of amides is 2. The Morgan fingerprint density at radius 2 is 2.25 bits per heavy atom. The van der Waals surface area contributed by atoms with Crippen LogP contribution in [-0.2, 0) is 6.42 Å². The van der Waals surface area contributed by atoms with Crippen molar-refractivity contribution in [1.82, 2.24) is 20.8 Å². The van der Waals surface area contributed by atoms with E-state index in [2.05, 4.69) is 20.8 Å². The highest BCUT2D eigenvalue weighted by Crippen LogP contribution is 2.21. The Morgan fingerprint density at radius 3 is 2.88 bits per heavy atom. The molecule has 6 nitrogen and oxygen atoms in total. The predicted octanol–water partition coefficient (Wildman–Crippen LogP) is 2.86. The van der Waals surface area contributed by atoms with Gasteiger partial charge in [0, 0.05) is 12.2 Å². The summed E-state index contributed by atoms with van der Waals surface area (Å²) in [6, 6.07) is 4.07. The van der Waals surface area contributed by atoms with Gasteiger partial charge in [0.05, 0.1) is 19.3 Å². The lowest BCUT2D eigenvalue weighted by Gasteiger charge is -2.16. The molecule has 0 fully saturated rings. The Morgan fingerprint density at radius 1 is 1.46 bits per heavy atom. The van der Waals surface area contributed by atoms with Crippen LogP contribution in [0.15, 0.2) is 24.4 Å². The lowest BCUT2D eigenvalue weighted by molar-refractivity contribution is 0.238. The molecule has 2 amide bonds. The zero-order valence-electron chi connectivity index (χ0n) is 14.1. The van der Waals surface area contributed by atoms with Crippen LogP contribution in [0.2, 0.25) is 0 Å². The van der Waals surface area contributed by atoms with Crippen molar-refractivity contribution in [2.45, 2.75) is 32.7 Å². The monoisotopic (exact) mass is 334 g/mol. The average molecular weight is 334 g/mol. The molecule has 0 aliphatic carbocycles. The number of H-pyrrole nitrogens is 1. The molecule has 0 saturated carbocycles. The lowest BCUT2D eigenvalue weighted by Crippen LogP contribution is -2.37. The first-order valence-electron chi connectivity index (χ1n) is 7.88. The highest BCUT2D eigenvalue weighted by atomic mass is 19.1. The van der Waals surface area contributed by atoms with E-state index < -0.39 is 5.82 Å². The minimum Gasteiger partial charge on any atom is -0.494 e. The van der Waals surface area contributed by atoms with Crippen LogP contribution in [0.4, 0.5) is 9.18 Å². The zero-order valence-corrected chi connectivity index (χ0v) is 14.1. The van der Waals surface area contributed by atoms with Gasteiger partial charge in [0.15, 0.2) is 11.6 Å². The number of urea groups is 1. The SMILES string of the molecule is COc1ccc([C@@H](C)NC(=O)NCCCc2cn[nH]c2C)cc1F. The summed E-state index contributed by atoms with van der Waals surface area (Å²) < 4.78 is 18.6. The number of carbonyl (C=O) groups excluding carboxylic acids is 1. The van der Waals surface area contributed by atoms with Gasteiger partial charge < -0.3 is 15.4 Å². The quantitative estimate of drug-likeness (QED) is 0.681. The van der Waals surface area contributed by atoms with E-state index in [9.17, 15) is 9.18 Å². The Balaban J connectivity index is 1.75. The standard InChI is InChI=1S/C17H23FN4O2/c1-11(13-6-7-16(24-3)15(18)9-13)21-17(23)19-8-4-5-14-10-20-22-12(14)2/h6-7,9-11H,4-5,8H2,1-3H3,(H,20,22)(H2,19,21,23)/t11-/m1/s1. The van der Waals surface area contributed by atoms with Crippen molar-refractivity contribution in [1.29, 1.82) is 0 Å². The Bertz CT molecular complexity index is 687. The summed E-state index contributed by atoms with van der Waals surface area (Å²) in [5, 5.41) is 12.4. The molecule has 0 bridgehead atoms. The third kappa shape index (κ3) is 4.71. The number of aryl methyl sites for hydroxylation is 2. The molecule has 1 aromatic carbocycles. The van der Waals surface area contributed by atoms with E-state index >= 15 is 0 Å². The Labute approximate surface area is 140 Å². The largest absolute Gasteiger partial charge is 0.494 e. The molecule has 7 heteroatoms. The molecule has 2 aromatic rings. The highest BCUT2D eigenvalue weighted by molar-refractivity contribution is 5.74. The number of aromatic amines is 1. The van der Waals surface area contributed by atoms with Crippen molar-refractivity contribution in [3.05, 3.63) is 47.0 Å². The first-order valence-corrected chi connectivity index (χ1v) is 7.88. The number of benzene rings is 1. The Kier molecular flexibility index (Phi) is 6.17. The molecule has 3 N–H and O–H groups in total. The number of nitrogens with zero attached hydrogens (tertiary/aromatic N) is 1. The van der Waals surface area contributed by atoms with Crippen LogP contribution in [0.5, 0.6) is 5.75 Å². The molecule has 1 heterocycles. The second-order valence-corrected chi connectivity index (χ2v) is 5.64. The molecule has 2 rings (SSSR count). The summed E-state index contributed by atoms with van der Waals surface area (Å²) in [6.45, 7) is 4.33. The number of nitrogens with one attached hydrogen (secondary N) is 3. The molecular formula is C17H23FN4O2. The predicted molar refractivity (Wildman–Crippen MR) is 89.5 cm³/mol. The fourth-order valence-corrected chi connectivity index (χ4v) is 2.39. The van der Waals surface area contributed by atoms with Crippen LogP contribution in [0, 0.1) is 12.7 Å². The number of ether oxygens (including phenoxy) is 1. The molecule has 130 valence electrons. The molecule has 0 aliphatic heterocycles. The van der Waals surface area contributed by atoms with Gasteiger partial charge in [-0.3, -0.25) is 5.10 Å². The molecule has 0 saturated heterocycles. The third-order valence-corrected chi connectivity index (χ3v) is 3.87. The van der Waals surface area contributed by atoms with Gasteiger partial charge in [-0.05, 0) is 49.9 Å².